The van der Waals surface area contributed by atoms with Crippen LogP contribution in [0.4, 0.5) is 0 Å². The quantitative estimate of drug-likeness (QED) is 0.795. The highest BCUT2D eigenvalue weighted by Gasteiger charge is 2.30. The molecule has 0 aromatic heterocycles. The minimum atomic E-state index is 0.194. The number of rotatable bonds is 3. The van der Waals surface area contributed by atoms with Gasteiger partial charge in [-0.05, 0) is 45.1 Å². The fraction of sp³-hybridized carbons (Fsp3) is 0.714. The Morgan fingerprint density at radius 1 is 1.44 bits per heavy atom. The number of aliphatic hydroxyl groups is 1. The van der Waals surface area contributed by atoms with Crippen molar-refractivity contribution in [2.75, 3.05) is 13.2 Å². The van der Waals surface area contributed by atoms with Crippen molar-refractivity contribution >= 4 is 0 Å². The normalized spacial score (nSPS) is 28.2. The monoisotopic (exact) mass is 222 g/mol. The van der Waals surface area contributed by atoms with Crippen molar-refractivity contribution in [1.82, 2.24) is 0 Å². The van der Waals surface area contributed by atoms with Crippen molar-refractivity contribution < 1.29 is 9.84 Å². The Morgan fingerprint density at radius 2 is 2.25 bits per heavy atom. The molecule has 1 N–H and O–H groups in total. The summed E-state index contributed by atoms with van der Waals surface area (Å²) < 4.78 is 5.82. The minimum absolute atomic E-state index is 0.194. The molecule has 0 spiro atoms. The summed E-state index contributed by atoms with van der Waals surface area (Å²) in [4.78, 5) is 0. The number of hydrogen-bond acceptors (Lipinski definition) is 2. The van der Waals surface area contributed by atoms with E-state index in [1.807, 2.05) is 0 Å². The molecule has 1 aliphatic carbocycles. The zero-order chi connectivity index (χ0) is 11.5. The van der Waals surface area contributed by atoms with Gasteiger partial charge < -0.3 is 9.84 Å². The number of hydrogen-bond donors (Lipinski definition) is 1. The Labute approximate surface area is 98.0 Å². The molecule has 0 aromatic carbocycles. The Bertz CT molecular complexity index is 309. The van der Waals surface area contributed by atoms with Gasteiger partial charge in [-0.25, -0.2) is 0 Å². The van der Waals surface area contributed by atoms with Crippen LogP contribution in [0.1, 0.15) is 39.5 Å². The van der Waals surface area contributed by atoms with E-state index in [1.165, 1.54) is 29.6 Å². The van der Waals surface area contributed by atoms with Crippen molar-refractivity contribution in [3.05, 3.63) is 22.8 Å². The highest BCUT2D eigenvalue weighted by molar-refractivity contribution is 5.42. The zero-order valence-electron chi connectivity index (χ0n) is 10.3. The van der Waals surface area contributed by atoms with E-state index >= 15 is 0 Å². The molecule has 90 valence electrons. The first kappa shape index (κ1) is 11.9. The van der Waals surface area contributed by atoms with Gasteiger partial charge in [0.2, 0.25) is 0 Å². The summed E-state index contributed by atoms with van der Waals surface area (Å²) in [5, 5.41) is 9.63. The van der Waals surface area contributed by atoms with Gasteiger partial charge in [0.1, 0.15) is 0 Å². The Morgan fingerprint density at radius 3 is 2.75 bits per heavy atom. The third-order valence-corrected chi connectivity index (χ3v) is 3.83. The van der Waals surface area contributed by atoms with E-state index in [0.717, 1.165) is 19.4 Å². The summed E-state index contributed by atoms with van der Waals surface area (Å²) >= 11 is 0. The molecule has 2 atom stereocenters. The van der Waals surface area contributed by atoms with Crippen LogP contribution in [0.2, 0.25) is 0 Å². The Hall–Kier alpha value is -0.600. The number of allylic oxidation sites excluding steroid dienone is 3. The minimum Gasteiger partial charge on any atom is -0.396 e. The predicted octanol–water partition coefficient (Wildman–Crippen LogP) is 2.83. The molecule has 1 saturated heterocycles. The van der Waals surface area contributed by atoms with Crippen LogP contribution in [0.15, 0.2) is 22.8 Å². The molecular weight excluding hydrogens is 200 g/mol. The van der Waals surface area contributed by atoms with E-state index in [2.05, 4.69) is 19.9 Å². The Kier molecular flexibility index (Phi) is 3.82. The highest BCUT2D eigenvalue weighted by atomic mass is 16.5. The molecule has 1 fully saturated rings. The van der Waals surface area contributed by atoms with Crippen LogP contribution in [-0.2, 0) is 4.74 Å². The lowest BCUT2D eigenvalue weighted by atomic mass is 9.85. The number of ether oxygens (including phenoxy) is 1. The summed E-state index contributed by atoms with van der Waals surface area (Å²) in [5.41, 5.74) is 4.10. The molecule has 2 aliphatic rings. The Balaban J connectivity index is 2.15. The van der Waals surface area contributed by atoms with Crippen LogP contribution in [0, 0.1) is 5.92 Å². The molecule has 2 rings (SSSR count). The fourth-order valence-corrected chi connectivity index (χ4v) is 2.95. The van der Waals surface area contributed by atoms with Crippen LogP contribution in [0.5, 0.6) is 0 Å². The van der Waals surface area contributed by atoms with Crippen LogP contribution >= 0.6 is 0 Å². The standard InChI is InChI=1S/C14H22O2/c1-10-6-7-11(2)14(10)12(9-15)13-5-3-4-8-16-13/h6,12-13,15H,3-5,7-9H2,1-2H3. The van der Waals surface area contributed by atoms with Crippen molar-refractivity contribution in [2.45, 2.75) is 45.6 Å². The van der Waals surface area contributed by atoms with E-state index in [0.29, 0.717) is 0 Å². The summed E-state index contributed by atoms with van der Waals surface area (Å²) in [5.74, 6) is 0.194. The smallest absolute Gasteiger partial charge is 0.0665 e. The first-order valence-corrected chi connectivity index (χ1v) is 6.33. The second-order valence-electron chi connectivity index (χ2n) is 4.98. The summed E-state index contributed by atoms with van der Waals surface area (Å²) in [6.45, 7) is 5.39. The van der Waals surface area contributed by atoms with Crippen molar-refractivity contribution in [3.8, 4) is 0 Å². The van der Waals surface area contributed by atoms with Crippen LogP contribution in [-0.4, -0.2) is 24.4 Å². The molecule has 0 radical (unpaired) electrons. The van der Waals surface area contributed by atoms with Gasteiger partial charge in [0.15, 0.2) is 0 Å². The first-order valence-electron chi connectivity index (χ1n) is 6.33. The van der Waals surface area contributed by atoms with Crippen LogP contribution in [0.25, 0.3) is 0 Å². The third-order valence-electron chi connectivity index (χ3n) is 3.83. The average molecular weight is 222 g/mol. The maximum absolute atomic E-state index is 9.63. The zero-order valence-corrected chi connectivity index (χ0v) is 10.3. The lowest BCUT2D eigenvalue weighted by Crippen LogP contribution is -2.32. The average Bonchev–Trinajstić information content (AvgIpc) is 2.63. The van der Waals surface area contributed by atoms with Crippen molar-refractivity contribution in [1.29, 1.82) is 0 Å². The van der Waals surface area contributed by atoms with Crippen LogP contribution < -0.4 is 0 Å². The van der Waals surface area contributed by atoms with Gasteiger partial charge in [-0.2, -0.15) is 0 Å². The fourth-order valence-electron chi connectivity index (χ4n) is 2.95. The summed E-state index contributed by atoms with van der Waals surface area (Å²) in [6, 6.07) is 0. The first-order chi connectivity index (χ1) is 7.74. The van der Waals surface area contributed by atoms with Crippen molar-refractivity contribution in [3.63, 3.8) is 0 Å². The largest absolute Gasteiger partial charge is 0.396 e. The molecular formula is C14H22O2. The highest BCUT2D eigenvalue weighted by Crippen LogP contribution is 2.36. The molecule has 2 nitrogen and oxygen atoms in total. The SMILES string of the molecule is CC1=CCC(C)=C1C(CO)C1CCCCO1. The lowest BCUT2D eigenvalue weighted by molar-refractivity contribution is -0.0242. The van der Waals surface area contributed by atoms with E-state index < -0.39 is 0 Å². The molecule has 16 heavy (non-hydrogen) atoms. The van der Waals surface area contributed by atoms with Gasteiger partial charge in [-0.1, -0.05) is 17.2 Å². The molecule has 0 aromatic rings. The van der Waals surface area contributed by atoms with E-state index in [9.17, 15) is 5.11 Å². The van der Waals surface area contributed by atoms with E-state index in [1.54, 1.807) is 0 Å². The van der Waals surface area contributed by atoms with Crippen molar-refractivity contribution in [2.24, 2.45) is 5.92 Å². The second kappa shape index (κ2) is 5.15. The molecule has 2 heteroatoms. The predicted molar refractivity (Wildman–Crippen MR) is 65.2 cm³/mol. The molecule has 0 amide bonds. The van der Waals surface area contributed by atoms with Gasteiger partial charge >= 0.3 is 0 Å². The molecule has 1 aliphatic heterocycles. The van der Waals surface area contributed by atoms with Gasteiger partial charge in [0, 0.05) is 12.5 Å². The maximum atomic E-state index is 9.63. The van der Waals surface area contributed by atoms with E-state index in [4.69, 9.17) is 4.74 Å². The van der Waals surface area contributed by atoms with Crippen LogP contribution in [0.3, 0.4) is 0 Å². The summed E-state index contributed by atoms with van der Waals surface area (Å²) in [7, 11) is 0. The van der Waals surface area contributed by atoms with Gasteiger partial charge in [-0.15, -0.1) is 0 Å². The molecule has 1 heterocycles. The summed E-state index contributed by atoms with van der Waals surface area (Å²) in [6.07, 6.45) is 7.03. The molecule has 0 bridgehead atoms. The topological polar surface area (TPSA) is 29.5 Å². The van der Waals surface area contributed by atoms with Gasteiger partial charge in [-0.3, -0.25) is 0 Å². The van der Waals surface area contributed by atoms with Gasteiger partial charge in [0.05, 0.1) is 12.7 Å². The van der Waals surface area contributed by atoms with E-state index in [-0.39, 0.29) is 18.6 Å². The molecule has 0 saturated carbocycles. The number of aliphatic hydroxyl groups excluding tert-OH is 1. The molecule has 2 unspecified atom stereocenters. The van der Waals surface area contributed by atoms with Gasteiger partial charge in [0.25, 0.3) is 0 Å². The second-order valence-corrected chi connectivity index (χ2v) is 4.98. The maximum Gasteiger partial charge on any atom is 0.0665 e. The lowest BCUT2D eigenvalue weighted by Gasteiger charge is -2.31. The third kappa shape index (κ3) is 2.23.